The van der Waals surface area contributed by atoms with Crippen molar-refractivity contribution in [2.24, 2.45) is 0 Å². The maximum Gasteiger partial charge on any atom is 0.393 e. The highest BCUT2D eigenvalue weighted by molar-refractivity contribution is 6.31. The minimum absolute atomic E-state index is 0.0501. The van der Waals surface area contributed by atoms with Crippen LogP contribution in [0.5, 0.6) is 5.75 Å². The zero-order valence-corrected chi connectivity index (χ0v) is 12.3. The quantitative estimate of drug-likeness (QED) is 0.814. The van der Waals surface area contributed by atoms with E-state index in [0.717, 1.165) is 0 Å². The van der Waals surface area contributed by atoms with Crippen LogP contribution in [0.4, 0.5) is 18.9 Å². The highest BCUT2D eigenvalue weighted by Crippen LogP contribution is 2.34. The second-order valence-corrected chi connectivity index (χ2v) is 4.50. The lowest BCUT2D eigenvalue weighted by Crippen LogP contribution is -2.17. The third-order valence-corrected chi connectivity index (χ3v) is 2.84. The Hall–Kier alpha value is -1.63. The third kappa shape index (κ3) is 5.71. The van der Waals surface area contributed by atoms with Gasteiger partial charge in [0, 0.05) is 11.1 Å². The van der Waals surface area contributed by atoms with Crippen LogP contribution in [0, 0.1) is 0 Å². The molecule has 118 valence electrons. The number of carbonyl (C=O) groups is 1. The number of halogens is 4. The van der Waals surface area contributed by atoms with Gasteiger partial charge in [0.15, 0.2) is 0 Å². The smallest absolute Gasteiger partial charge is 0.393 e. The molecule has 0 fully saturated rings. The largest absolute Gasteiger partial charge is 0.495 e. The zero-order chi connectivity index (χ0) is 16.0. The van der Waals surface area contributed by atoms with E-state index in [4.69, 9.17) is 21.1 Å². The first-order valence-corrected chi connectivity index (χ1v) is 6.47. The summed E-state index contributed by atoms with van der Waals surface area (Å²) in [6.45, 7) is 1.69. The summed E-state index contributed by atoms with van der Waals surface area (Å²) in [6.07, 6.45) is -5.54. The number of nitrogens with one attached hydrogen (secondary N) is 1. The first kappa shape index (κ1) is 17.4. The van der Waals surface area contributed by atoms with E-state index >= 15 is 0 Å². The van der Waals surface area contributed by atoms with Gasteiger partial charge in [-0.2, -0.15) is 13.2 Å². The van der Waals surface area contributed by atoms with E-state index in [2.05, 4.69) is 5.32 Å². The number of hydrogen-bond donors (Lipinski definition) is 1. The first-order valence-electron chi connectivity index (χ1n) is 6.09. The van der Waals surface area contributed by atoms with Crippen LogP contribution in [0.1, 0.15) is 12.5 Å². The molecule has 0 heterocycles. The molecule has 8 heteroatoms. The number of anilines is 1. The van der Waals surface area contributed by atoms with Gasteiger partial charge in [-0.1, -0.05) is 11.6 Å². The molecule has 0 unspecified atom stereocenters. The number of alkyl halides is 3. The molecule has 0 amide bonds. The highest BCUT2D eigenvalue weighted by atomic mass is 35.5. The molecular weight excluding hydrogens is 311 g/mol. The monoisotopic (exact) mass is 325 g/mol. The minimum atomic E-state index is -4.38. The third-order valence-electron chi connectivity index (χ3n) is 2.49. The molecule has 0 atom stereocenters. The van der Waals surface area contributed by atoms with Crippen molar-refractivity contribution < 1.29 is 27.4 Å². The van der Waals surface area contributed by atoms with E-state index in [1.54, 1.807) is 6.92 Å². The van der Waals surface area contributed by atoms with E-state index in [1.807, 2.05) is 0 Å². The van der Waals surface area contributed by atoms with Crippen LogP contribution in [0.15, 0.2) is 12.1 Å². The molecule has 1 rings (SSSR count). The number of ether oxygens (including phenoxy) is 2. The SMILES string of the molecule is CCOC(=O)CNc1cc(CC(F)(F)F)c(Cl)cc1OC. The second-order valence-electron chi connectivity index (χ2n) is 4.09. The van der Waals surface area contributed by atoms with Gasteiger partial charge >= 0.3 is 12.1 Å². The van der Waals surface area contributed by atoms with Crippen molar-refractivity contribution >= 4 is 23.3 Å². The van der Waals surface area contributed by atoms with E-state index < -0.39 is 18.6 Å². The van der Waals surface area contributed by atoms with Crippen molar-refractivity contribution in [2.75, 3.05) is 25.6 Å². The normalized spacial score (nSPS) is 11.1. The van der Waals surface area contributed by atoms with E-state index in [9.17, 15) is 18.0 Å². The molecule has 0 aliphatic heterocycles. The summed E-state index contributed by atoms with van der Waals surface area (Å²) in [5, 5.41) is 2.63. The van der Waals surface area contributed by atoms with Gasteiger partial charge < -0.3 is 14.8 Å². The van der Waals surface area contributed by atoms with Gasteiger partial charge in [0.05, 0.1) is 25.8 Å². The topological polar surface area (TPSA) is 47.6 Å². The van der Waals surface area contributed by atoms with Crippen LogP contribution in [0.25, 0.3) is 0 Å². The fraction of sp³-hybridized carbons (Fsp3) is 0.462. The summed E-state index contributed by atoms with van der Waals surface area (Å²) in [6, 6.07) is 2.49. The lowest BCUT2D eigenvalue weighted by molar-refractivity contribution is -0.141. The minimum Gasteiger partial charge on any atom is -0.495 e. The molecule has 0 saturated heterocycles. The Kier molecular flexibility index (Phi) is 6.14. The van der Waals surface area contributed by atoms with Crippen molar-refractivity contribution in [3.63, 3.8) is 0 Å². The molecule has 1 aromatic rings. The van der Waals surface area contributed by atoms with Crippen molar-refractivity contribution in [2.45, 2.75) is 19.5 Å². The van der Waals surface area contributed by atoms with Crippen LogP contribution in [-0.2, 0) is 16.0 Å². The molecule has 0 radical (unpaired) electrons. The Balaban J connectivity index is 2.95. The maximum atomic E-state index is 12.5. The fourth-order valence-corrected chi connectivity index (χ4v) is 1.86. The number of esters is 1. The van der Waals surface area contributed by atoms with Gasteiger partial charge in [0.25, 0.3) is 0 Å². The summed E-state index contributed by atoms with van der Waals surface area (Å²) >= 11 is 5.80. The lowest BCUT2D eigenvalue weighted by Gasteiger charge is -2.15. The van der Waals surface area contributed by atoms with Crippen LogP contribution < -0.4 is 10.1 Å². The Bertz CT molecular complexity index is 506. The van der Waals surface area contributed by atoms with Crippen LogP contribution in [-0.4, -0.2) is 32.4 Å². The number of carbonyl (C=O) groups excluding carboxylic acids is 1. The molecule has 0 aliphatic carbocycles. The molecule has 4 nitrogen and oxygen atoms in total. The molecule has 0 aromatic heterocycles. The maximum absolute atomic E-state index is 12.5. The molecule has 21 heavy (non-hydrogen) atoms. The van der Waals surface area contributed by atoms with Crippen molar-refractivity contribution in [3.05, 3.63) is 22.7 Å². The Morgan fingerprint density at radius 1 is 1.38 bits per heavy atom. The summed E-state index contributed by atoms with van der Waals surface area (Å²) < 4.78 is 47.1. The van der Waals surface area contributed by atoms with Crippen LogP contribution in [0.2, 0.25) is 5.02 Å². The van der Waals surface area contributed by atoms with E-state index in [-0.39, 0.29) is 35.2 Å². The summed E-state index contributed by atoms with van der Waals surface area (Å²) in [5.41, 5.74) is 0.144. The molecular formula is C13H15ClF3NO3. The predicted octanol–water partition coefficient (Wildman–Crippen LogP) is 3.43. The van der Waals surface area contributed by atoms with Gasteiger partial charge in [-0.25, -0.2) is 0 Å². The number of rotatable bonds is 6. The molecule has 1 aromatic carbocycles. The number of hydrogen-bond acceptors (Lipinski definition) is 4. The predicted molar refractivity (Wildman–Crippen MR) is 72.9 cm³/mol. The summed E-state index contributed by atoms with van der Waals surface area (Å²) in [7, 11) is 1.35. The zero-order valence-electron chi connectivity index (χ0n) is 11.5. The van der Waals surface area contributed by atoms with Gasteiger partial charge in [0.1, 0.15) is 12.3 Å². The average Bonchev–Trinajstić information content (AvgIpc) is 2.37. The Labute approximate surface area is 125 Å². The van der Waals surface area contributed by atoms with Crippen molar-refractivity contribution in [1.82, 2.24) is 0 Å². The molecule has 1 N–H and O–H groups in total. The molecule has 0 saturated carbocycles. The fourth-order valence-electron chi connectivity index (χ4n) is 1.64. The van der Waals surface area contributed by atoms with E-state index in [1.165, 1.54) is 19.2 Å². The summed E-state index contributed by atoms with van der Waals surface area (Å²) in [5.74, 6) is -0.276. The van der Waals surface area contributed by atoms with Crippen molar-refractivity contribution in [3.8, 4) is 5.75 Å². The molecule has 0 aliphatic rings. The van der Waals surface area contributed by atoms with Gasteiger partial charge in [-0.05, 0) is 18.6 Å². The van der Waals surface area contributed by atoms with Gasteiger partial charge in [0.2, 0.25) is 0 Å². The number of benzene rings is 1. The molecule has 0 bridgehead atoms. The average molecular weight is 326 g/mol. The highest BCUT2D eigenvalue weighted by Gasteiger charge is 2.29. The second kappa shape index (κ2) is 7.40. The lowest BCUT2D eigenvalue weighted by atomic mass is 10.1. The molecule has 0 spiro atoms. The standard InChI is InChI=1S/C13H15ClF3NO3/c1-3-21-12(19)7-18-10-4-8(6-13(15,16)17)9(14)5-11(10)20-2/h4-5,18H,3,6-7H2,1-2H3. The van der Waals surface area contributed by atoms with Crippen molar-refractivity contribution in [1.29, 1.82) is 0 Å². The Morgan fingerprint density at radius 3 is 2.57 bits per heavy atom. The first-order chi connectivity index (χ1) is 9.76. The van der Waals surface area contributed by atoms with E-state index in [0.29, 0.717) is 0 Å². The van der Waals surface area contributed by atoms with Gasteiger partial charge in [-0.3, -0.25) is 4.79 Å². The van der Waals surface area contributed by atoms with Crippen LogP contribution >= 0.6 is 11.6 Å². The number of methoxy groups -OCH3 is 1. The van der Waals surface area contributed by atoms with Crippen LogP contribution in [0.3, 0.4) is 0 Å². The summed E-state index contributed by atoms with van der Waals surface area (Å²) in [4.78, 5) is 11.3. The van der Waals surface area contributed by atoms with Gasteiger partial charge in [-0.15, -0.1) is 0 Å². The Morgan fingerprint density at radius 2 is 2.05 bits per heavy atom.